The zero-order valence-corrected chi connectivity index (χ0v) is 11.3. The van der Waals surface area contributed by atoms with E-state index in [1.807, 2.05) is 6.92 Å². The van der Waals surface area contributed by atoms with Gasteiger partial charge in [-0.15, -0.1) is 0 Å². The van der Waals surface area contributed by atoms with Crippen LogP contribution in [-0.4, -0.2) is 19.4 Å². The number of anilines is 1. The minimum atomic E-state index is -3.54. The van der Waals surface area contributed by atoms with Crippen molar-refractivity contribution in [2.24, 2.45) is 5.92 Å². The van der Waals surface area contributed by atoms with Crippen molar-refractivity contribution in [1.82, 2.24) is 9.71 Å². The van der Waals surface area contributed by atoms with Crippen LogP contribution < -0.4 is 10.5 Å². The Balaban J connectivity index is 2.12. The lowest BCUT2D eigenvalue weighted by Gasteiger charge is -2.09. The Labute approximate surface area is 111 Å². The van der Waals surface area contributed by atoms with Gasteiger partial charge in [0.1, 0.15) is 4.90 Å². The van der Waals surface area contributed by atoms with Crippen LogP contribution in [0.3, 0.4) is 0 Å². The smallest absolute Gasteiger partial charge is 0.243 e. The van der Waals surface area contributed by atoms with E-state index in [4.69, 9.17) is 5.73 Å². The molecule has 1 heterocycles. The number of sulfonamides is 1. The largest absolute Gasteiger partial charge is 0.398 e. The molecular weight excluding hydrogens is 262 g/mol. The van der Waals surface area contributed by atoms with Crippen molar-refractivity contribution in [3.8, 4) is 0 Å². The molecule has 1 aliphatic rings. The third-order valence-corrected chi connectivity index (χ3v) is 4.99. The predicted molar refractivity (Wildman–Crippen MR) is 74.0 cm³/mol. The summed E-state index contributed by atoms with van der Waals surface area (Å²) in [6.45, 7) is 2.02. The standard InChI is InChI=1S/C13H15N3O2S/c1-8-7-11(8)16-19(17,18)12-5-4-10(14)9-3-2-6-15-13(9)12/h2-6,8,11,16H,7,14H2,1H3. The summed E-state index contributed by atoms with van der Waals surface area (Å²) in [6.07, 6.45) is 2.46. The van der Waals surface area contributed by atoms with Crippen molar-refractivity contribution in [1.29, 1.82) is 0 Å². The molecule has 5 nitrogen and oxygen atoms in total. The maximum atomic E-state index is 12.4. The van der Waals surface area contributed by atoms with Crippen LogP contribution in [0.5, 0.6) is 0 Å². The molecule has 0 radical (unpaired) electrons. The van der Waals surface area contributed by atoms with E-state index in [-0.39, 0.29) is 10.9 Å². The van der Waals surface area contributed by atoms with Gasteiger partial charge >= 0.3 is 0 Å². The SMILES string of the molecule is CC1CC1NS(=O)(=O)c1ccc(N)c2cccnc12. The van der Waals surface area contributed by atoms with Gasteiger partial charge < -0.3 is 5.73 Å². The first-order valence-corrected chi connectivity index (χ1v) is 7.63. The number of nitrogen functional groups attached to an aromatic ring is 1. The van der Waals surface area contributed by atoms with Gasteiger partial charge in [-0.2, -0.15) is 0 Å². The number of benzene rings is 1. The number of nitrogens with two attached hydrogens (primary N) is 1. The van der Waals surface area contributed by atoms with Crippen molar-refractivity contribution < 1.29 is 8.42 Å². The van der Waals surface area contributed by atoms with E-state index >= 15 is 0 Å². The highest BCUT2D eigenvalue weighted by atomic mass is 32.2. The molecule has 1 saturated carbocycles. The summed E-state index contributed by atoms with van der Waals surface area (Å²) < 4.78 is 27.4. The van der Waals surface area contributed by atoms with Gasteiger partial charge in [-0.3, -0.25) is 4.98 Å². The number of nitrogens with one attached hydrogen (secondary N) is 1. The molecule has 0 bridgehead atoms. The van der Waals surface area contributed by atoms with E-state index in [9.17, 15) is 8.42 Å². The number of hydrogen-bond donors (Lipinski definition) is 2. The van der Waals surface area contributed by atoms with E-state index in [2.05, 4.69) is 9.71 Å². The highest BCUT2D eigenvalue weighted by Gasteiger charge is 2.37. The minimum Gasteiger partial charge on any atom is -0.398 e. The van der Waals surface area contributed by atoms with E-state index in [1.54, 1.807) is 24.4 Å². The monoisotopic (exact) mass is 277 g/mol. The fourth-order valence-corrected chi connectivity index (χ4v) is 3.65. The summed E-state index contributed by atoms with van der Waals surface area (Å²) >= 11 is 0. The number of rotatable bonds is 3. The van der Waals surface area contributed by atoms with Gasteiger partial charge in [-0.05, 0) is 36.6 Å². The topological polar surface area (TPSA) is 85.1 Å². The fourth-order valence-electron chi connectivity index (χ4n) is 2.13. The highest BCUT2D eigenvalue weighted by molar-refractivity contribution is 7.89. The molecule has 3 rings (SSSR count). The van der Waals surface area contributed by atoms with Crippen LogP contribution in [0.2, 0.25) is 0 Å². The molecule has 1 aliphatic carbocycles. The van der Waals surface area contributed by atoms with E-state index in [0.29, 0.717) is 22.5 Å². The molecule has 3 N–H and O–H groups in total. The van der Waals surface area contributed by atoms with Gasteiger partial charge in [-0.1, -0.05) is 6.92 Å². The molecule has 0 aliphatic heterocycles. The maximum Gasteiger partial charge on any atom is 0.243 e. The van der Waals surface area contributed by atoms with Crippen LogP contribution in [0.4, 0.5) is 5.69 Å². The molecule has 0 amide bonds. The Morgan fingerprint density at radius 1 is 1.37 bits per heavy atom. The van der Waals surface area contributed by atoms with Gasteiger partial charge in [0.15, 0.2) is 0 Å². The molecule has 6 heteroatoms. The normalized spacial score (nSPS) is 22.6. The third kappa shape index (κ3) is 2.17. The van der Waals surface area contributed by atoms with Crippen LogP contribution in [0, 0.1) is 5.92 Å². The summed E-state index contributed by atoms with van der Waals surface area (Å²) in [4.78, 5) is 4.35. The first kappa shape index (κ1) is 12.4. The molecule has 1 aromatic carbocycles. The van der Waals surface area contributed by atoms with E-state index in [0.717, 1.165) is 6.42 Å². The molecule has 2 unspecified atom stereocenters. The molecule has 0 saturated heterocycles. The Morgan fingerprint density at radius 2 is 2.11 bits per heavy atom. The molecule has 1 aromatic heterocycles. The molecule has 2 aromatic rings. The second-order valence-electron chi connectivity index (χ2n) is 4.99. The lowest BCUT2D eigenvalue weighted by Crippen LogP contribution is -2.27. The van der Waals surface area contributed by atoms with Gasteiger partial charge in [0.2, 0.25) is 10.0 Å². The maximum absolute atomic E-state index is 12.4. The quantitative estimate of drug-likeness (QED) is 0.833. The molecule has 2 atom stereocenters. The van der Waals surface area contributed by atoms with Gasteiger partial charge in [-0.25, -0.2) is 13.1 Å². The van der Waals surface area contributed by atoms with Crippen molar-refractivity contribution in [2.75, 3.05) is 5.73 Å². The summed E-state index contributed by atoms with van der Waals surface area (Å²) in [7, 11) is -3.54. The lowest BCUT2D eigenvalue weighted by atomic mass is 10.2. The predicted octanol–water partition coefficient (Wildman–Crippen LogP) is 1.50. The van der Waals surface area contributed by atoms with E-state index < -0.39 is 10.0 Å². The molecule has 1 fully saturated rings. The number of pyridine rings is 1. The average Bonchev–Trinajstić information content (AvgIpc) is 3.04. The van der Waals surface area contributed by atoms with Crippen LogP contribution in [-0.2, 0) is 10.0 Å². The Hall–Kier alpha value is -1.66. The third-order valence-electron chi connectivity index (χ3n) is 3.47. The summed E-state index contributed by atoms with van der Waals surface area (Å²) in [5.41, 5.74) is 6.80. The Morgan fingerprint density at radius 3 is 2.79 bits per heavy atom. The van der Waals surface area contributed by atoms with Crippen LogP contribution in [0.15, 0.2) is 35.4 Å². The highest BCUT2D eigenvalue weighted by Crippen LogP contribution is 2.32. The van der Waals surface area contributed by atoms with Crippen molar-refractivity contribution >= 4 is 26.6 Å². The molecule has 100 valence electrons. The molecular formula is C13H15N3O2S. The second-order valence-corrected chi connectivity index (χ2v) is 6.68. The average molecular weight is 277 g/mol. The second kappa shape index (κ2) is 4.18. The Kier molecular flexibility index (Phi) is 2.72. The lowest BCUT2D eigenvalue weighted by molar-refractivity contribution is 0.579. The van der Waals surface area contributed by atoms with Crippen LogP contribution >= 0.6 is 0 Å². The minimum absolute atomic E-state index is 0.0429. The number of aromatic nitrogens is 1. The zero-order chi connectivity index (χ0) is 13.6. The summed E-state index contributed by atoms with van der Waals surface area (Å²) in [6, 6.07) is 6.68. The van der Waals surface area contributed by atoms with Crippen molar-refractivity contribution in [2.45, 2.75) is 24.3 Å². The molecule has 0 spiro atoms. The first-order chi connectivity index (χ1) is 8.99. The Bertz CT molecular complexity index is 743. The molecule has 19 heavy (non-hydrogen) atoms. The van der Waals surface area contributed by atoms with Crippen LogP contribution in [0.1, 0.15) is 13.3 Å². The summed E-state index contributed by atoms with van der Waals surface area (Å²) in [5, 5.41) is 0.661. The van der Waals surface area contributed by atoms with E-state index in [1.165, 1.54) is 6.07 Å². The number of hydrogen-bond acceptors (Lipinski definition) is 4. The van der Waals surface area contributed by atoms with Crippen LogP contribution in [0.25, 0.3) is 10.9 Å². The zero-order valence-electron chi connectivity index (χ0n) is 10.5. The van der Waals surface area contributed by atoms with Crippen molar-refractivity contribution in [3.63, 3.8) is 0 Å². The van der Waals surface area contributed by atoms with Gasteiger partial charge in [0, 0.05) is 23.3 Å². The summed E-state index contributed by atoms with van der Waals surface area (Å²) in [5.74, 6) is 0.405. The number of fused-ring (bicyclic) bond motifs is 1. The van der Waals surface area contributed by atoms with Gasteiger partial charge in [0.05, 0.1) is 5.52 Å². The first-order valence-electron chi connectivity index (χ1n) is 6.14. The van der Waals surface area contributed by atoms with Crippen molar-refractivity contribution in [3.05, 3.63) is 30.5 Å². The van der Waals surface area contributed by atoms with Gasteiger partial charge in [0.25, 0.3) is 0 Å². The fraction of sp³-hybridized carbons (Fsp3) is 0.308. The number of nitrogens with zero attached hydrogens (tertiary/aromatic N) is 1.